The summed E-state index contributed by atoms with van der Waals surface area (Å²) < 4.78 is 16.2. The van der Waals surface area contributed by atoms with Gasteiger partial charge in [-0.1, -0.05) is 13.0 Å². The van der Waals surface area contributed by atoms with Crippen molar-refractivity contribution >= 4 is 0 Å². The maximum absolute atomic E-state index is 5.89. The third-order valence-electron chi connectivity index (χ3n) is 2.88. The van der Waals surface area contributed by atoms with Crippen LogP contribution in [0.25, 0.3) is 0 Å². The number of hydrogen-bond acceptors (Lipinski definition) is 4. The molecular weight excluding hydrogens is 242 g/mol. The van der Waals surface area contributed by atoms with Crippen LogP contribution in [0, 0.1) is 0 Å². The minimum absolute atomic E-state index is 0.0817. The zero-order valence-electron chi connectivity index (χ0n) is 12.4. The molecule has 1 aromatic rings. The molecule has 19 heavy (non-hydrogen) atoms. The van der Waals surface area contributed by atoms with Gasteiger partial charge in [-0.15, -0.1) is 0 Å². The number of aryl methyl sites for hydroxylation is 1. The molecule has 1 aromatic carbocycles. The second-order valence-electron chi connectivity index (χ2n) is 4.46. The Labute approximate surface area is 116 Å². The van der Waals surface area contributed by atoms with Crippen LogP contribution in [0.15, 0.2) is 18.2 Å². The summed E-state index contributed by atoms with van der Waals surface area (Å²) in [5.41, 5.74) is 1.25. The zero-order valence-corrected chi connectivity index (χ0v) is 12.4. The lowest BCUT2D eigenvalue weighted by molar-refractivity contribution is 0.181. The number of rotatable bonds is 9. The molecule has 0 heterocycles. The van der Waals surface area contributed by atoms with Gasteiger partial charge in [-0.2, -0.15) is 0 Å². The van der Waals surface area contributed by atoms with Crippen molar-refractivity contribution in [2.24, 2.45) is 0 Å². The van der Waals surface area contributed by atoms with Crippen LogP contribution >= 0.6 is 0 Å². The molecule has 108 valence electrons. The van der Waals surface area contributed by atoms with Gasteiger partial charge in [0.15, 0.2) is 11.5 Å². The first-order chi connectivity index (χ1) is 9.21. The Balaban J connectivity index is 2.51. The first-order valence-electron chi connectivity index (χ1n) is 6.74. The van der Waals surface area contributed by atoms with E-state index in [0.717, 1.165) is 31.0 Å². The van der Waals surface area contributed by atoms with Gasteiger partial charge in [-0.05, 0) is 31.0 Å². The fourth-order valence-corrected chi connectivity index (χ4v) is 1.77. The van der Waals surface area contributed by atoms with Crippen LogP contribution in [-0.4, -0.2) is 40.0 Å². The van der Waals surface area contributed by atoms with Crippen molar-refractivity contribution in [3.63, 3.8) is 0 Å². The molecule has 1 rings (SSSR count). The number of ether oxygens (including phenoxy) is 3. The summed E-state index contributed by atoms with van der Waals surface area (Å²) >= 11 is 0. The summed E-state index contributed by atoms with van der Waals surface area (Å²) in [5, 5.41) is 3.28. The monoisotopic (exact) mass is 267 g/mol. The third kappa shape index (κ3) is 5.49. The smallest absolute Gasteiger partial charge is 0.161 e. The van der Waals surface area contributed by atoms with Crippen LogP contribution in [0.3, 0.4) is 0 Å². The summed E-state index contributed by atoms with van der Waals surface area (Å²) in [4.78, 5) is 0. The molecule has 0 fully saturated rings. The van der Waals surface area contributed by atoms with Crippen molar-refractivity contribution in [2.45, 2.75) is 26.4 Å². The highest BCUT2D eigenvalue weighted by Gasteiger charge is 2.09. The van der Waals surface area contributed by atoms with Gasteiger partial charge in [0, 0.05) is 20.2 Å². The lowest BCUT2D eigenvalue weighted by Crippen LogP contribution is -2.31. The zero-order chi connectivity index (χ0) is 14.1. The molecule has 1 N–H and O–H groups in total. The van der Waals surface area contributed by atoms with E-state index >= 15 is 0 Å². The Bertz CT molecular complexity index is 368. The van der Waals surface area contributed by atoms with Gasteiger partial charge in [-0.3, -0.25) is 0 Å². The molecule has 4 heteroatoms. The Morgan fingerprint density at radius 1 is 1.21 bits per heavy atom. The minimum atomic E-state index is 0.0817. The van der Waals surface area contributed by atoms with Crippen LogP contribution in [-0.2, 0) is 11.2 Å². The molecule has 4 nitrogen and oxygen atoms in total. The SMILES string of the molecule is CCc1ccc(OC(C)CNCCOC)c(OC)c1. The molecule has 0 bridgehead atoms. The van der Waals surface area contributed by atoms with Crippen molar-refractivity contribution in [3.8, 4) is 11.5 Å². The Hall–Kier alpha value is -1.26. The van der Waals surface area contributed by atoms with Gasteiger partial charge in [-0.25, -0.2) is 0 Å². The molecule has 1 unspecified atom stereocenters. The first kappa shape index (κ1) is 15.8. The van der Waals surface area contributed by atoms with E-state index in [0.29, 0.717) is 6.61 Å². The molecule has 0 aromatic heterocycles. The highest BCUT2D eigenvalue weighted by Crippen LogP contribution is 2.29. The second-order valence-corrected chi connectivity index (χ2v) is 4.46. The molecule has 0 saturated heterocycles. The molecule has 0 amide bonds. The summed E-state index contributed by atoms with van der Waals surface area (Å²) in [7, 11) is 3.37. The fraction of sp³-hybridized carbons (Fsp3) is 0.600. The van der Waals surface area contributed by atoms with Crippen molar-refractivity contribution in [3.05, 3.63) is 23.8 Å². The summed E-state index contributed by atoms with van der Waals surface area (Å²) in [6.45, 7) is 6.48. The normalized spacial score (nSPS) is 12.2. The number of methoxy groups -OCH3 is 2. The van der Waals surface area contributed by atoms with Gasteiger partial charge in [0.1, 0.15) is 6.10 Å². The van der Waals surface area contributed by atoms with Gasteiger partial charge in [0.05, 0.1) is 13.7 Å². The van der Waals surface area contributed by atoms with Crippen molar-refractivity contribution in [1.29, 1.82) is 0 Å². The molecular formula is C15H25NO3. The fourth-order valence-electron chi connectivity index (χ4n) is 1.77. The topological polar surface area (TPSA) is 39.7 Å². The molecule has 0 spiro atoms. The summed E-state index contributed by atoms with van der Waals surface area (Å²) in [5.74, 6) is 1.59. The van der Waals surface area contributed by atoms with Gasteiger partial charge < -0.3 is 19.5 Å². The largest absolute Gasteiger partial charge is 0.493 e. The van der Waals surface area contributed by atoms with E-state index in [9.17, 15) is 0 Å². The van der Waals surface area contributed by atoms with Crippen molar-refractivity contribution < 1.29 is 14.2 Å². The highest BCUT2D eigenvalue weighted by molar-refractivity contribution is 5.43. The standard InChI is InChI=1S/C15H25NO3/c1-5-13-6-7-14(15(10-13)18-4)19-12(2)11-16-8-9-17-3/h6-7,10,12,16H,5,8-9,11H2,1-4H3. The first-order valence-corrected chi connectivity index (χ1v) is 6.74. The van der Waals surface area contributed by atoms with Crippen molar-refractivity contribution in [1.82, 2.24) is 5.32 Å². The van der Waals surface area contributed by atoms with Crippen LogP contribution in [0.4, 0.5) is 0 Å². The number of hydrogen-bond donors (Lipinski definition) is 1. The predicted molar refractivity (Wildman–Crippen MR) is 77.2 cm³/mol. The quantitative estimate of drug-likeness (QED) is 0.697. The molecule has 0 radical (unpaired) electrons. The molecule has 0 aliphatic rings. The molecule has 0 aliphatic carbocycles. The maximum atomic E-state index is 5.89. The van der Waals surface area contributed by atoms with Gasteiger partial charge in [0.25, 0.3) is 0 Å². The van der Waals surface area contributed by atoms with Crippen LogP contribution in [0.5, 0.6) is 11.5 Å². The average molecular weight is 267 g/mol. The molecule has 1 atom stereocenters. The number of nitrogens with one attached hydrogen (secondary N) is 1. The Morgan fingerprint density at radius 3 is 2.63 bits per heavy atom. The third-order valence-corrected chi connectivity index (χ3v) is 2.88. The lowest BCUT2D eigenvalue weighted by atomic mass is 10.1. The summed E-state index contributed by atoms with van der Waals surface area (Å²) in [6, 6.07) is 6.08. The van der Waals surface area contributed by atoms with Crippen LogP contribution < -0.4 is 14.8 Å². The van der Waals surface area contributed by atoms with E-state index < -0.39 is 0 Å². The molecule has 0 aliphatic heterocycles. The minimum Gasteiger partial charge on any atom is -0.493 e. The Kier molecular flexibility index (Phi) is 7.30. The molecule has 0 saturated carbocycles. The lowest BCUT2D eigenvalue weighted by Gasteiger charge is -2.18. The highest BCUT2D eigenvalue weighted by atomic mass is 16.5. The van der Waals surface area contributed by atoms with Crippen molar-refractivity contribution in [2.75, 3.05) is 33.9 Å². The second kappa shape index (κ2) is 8.77. The van der Waals surface area contributed by atoms with Gasteiger partial charge in [0.2, 0.25) is 0 Å². The maximum Gasteiger partial charge on any atom is 0.161 e. The van der Waals surface area contributed by atoms with Gasteiger partial charge >= 0.3 is 0 Å². The number of benzene rings is 1. The Morgan fingerprint density at radius 2 is 2.00 bits per heavy atom. The van der Waals surface area contributed by atoms with E-state index in [4.69, 9.17) is 14.2 Å². The van der Waals surface area contributed by atoms with E-state index in [-0.39, 0.29) is 6.10 Å². The average Bonchev–Trinajstić information content (AvgIpc) is 2.44. The van der Waals surface area contributed by atoms with E-state index in [1.165, 1.54) is 5.56 Å². The van der Waals surface area contributed by atoms with Crippen LogP contribution in [0.2, 0.25) is 0 Å². The van der Waals surface area contributed by atoms with E-state index in [2.05, 4.69) is 18.3 Å². The summed E-state index contributed by atoms with van der Waals surface area (Å²) in [6.07, 6.45) is 1.07. The predicted octanol–water partition coefficient (Wildman–Crippen LogP) is 2.26. The van der Waals surface area contributed by atoms with E-state index in [1.807, 2.05) is 19.1 Å². The van der Waals surface area contributed by atoms with E-state index in [1.54, 1.807) is 14.2 Å². The van der Waals surface area contributed by atoms with Crippen LogP contribution in [0.1, 0.15) is 19.4 Å².